The van der Waals surface area contributed by atoms with Crippen LogP contribution in [0.4, 0.5) is 0 Å². The van der Waals surface area contributed by atoms with Crippen LogP contribution in [-0.4, -0.2) is 38.1 Å². The van der Waals surface area contributed by atoms with Gasteiger partial charge in [0.15, 0.2) is 0 Å². The lowest BCUT2D eigenvalue weighted by Crippen LogP contribution is -2.49. The number of aromatic nitrogens is 4. The minimum absolute atomic E-state index is 0. The predicted octanol–water partition coefficient (Wildman–Crippen LogP) is 1.51. The second-order valence-corrected chi connectivity index (χ2v) is 5.43. The molecule has 132 valence electrons. The first kappa shape index (κ1) is 20.0. The van der Waals surface area contributed by atoms with Gasteiger partial charge in [0.1, 0.15) is 0 Å². The van der Waals surface area contributed by atoms with Crippen LogP contribution in [0.5, 0.6) is 0 Å². The Morgan fingerprint density at radius 1 is 1.25 bits per heavy atom. The summed E-state index contributed by atoms with van der Waals surface area (Å²) >= 11 is 0. The van der Waals surface area contributed by atoms with Crippen molar-refractivity contribution in [2.45, 2.75) is 45.1 Å². The Morgan fingerprint density at radius 3 is 2.54 bits per heavy atom. The number of carbonyl (C=O) groups is 1. The van der Waals surface area contributed by atoms with Crippen molar-refractivity contribution in [1.29, 1.82) is 0 Å². The molecule has 0 atom stereocenters. The monoisotopic (exact) mass is 354 g/mol. The van der Waals surface area contributed by atoms with E-state index in [4.69, 9.17) is 10.3 Å². The zero-order valence-corrected chi connectivity index (χ0v) is 14.7. The number of rotatable bonds is 8. The van der Waals surface area contributed by atoms with Crippen molar-refractivity contribution in [1.82, 2.24) is 25.4 Å². The average Bonchev–Trinajstić information content (AvgIpc) is 3.07. The van der Waals surface area contributed by atoms with Crippen molar-refractivity contribution in [2.75, 3.05) is 6.54 Å². The molecular formula is C15H23ClN6O2. The minimum atomic E-state index is -0.349. The van der Waals surface area contributed by atoms with Crippen LogP contribution in [0, 0.1) is 0 Å². The minimum Gasteiger partial charge on any atom is -0.354 e. The van der Waals surface area contributed by atoms with E-state index in [1.807, 2.05) is 13.8 Å². The van der Waals surface area contributed by atoms with Crippen LogP contribution in [0.3, 0.4) is 0 Å². The molecule has 1 amide bonds. The molecule has 2 aromatic rings. The first-order valence-corrected chi connectivity index (χ1v) is 7.72. The van der Waals surface area contributed by atoms with Crippen molar-refractivity contribution in [3.63, 3.8) is 0 Å². The number of aryl methyl sites for hydroxylation is 1. The van der Waals surface area contributed by atoms with Gasteiger partial charge in [-0.05, 0) is 18.9 Å². The van der Waals surface area contributed by atoms with E-state index in [0.29, 0.717) is 30.5 Å². The highest BCUT2D eigenvalue weighted by Gasteiger charge is 2.21. The largest absolute Gasteiger partial charge is 0.354 e. The van der Waals surface area contributed by atoms with E-state index in [9.17, 15) is 4.79 Å². The second kappa shape index (κ2) is 9.29. The normalized spacial score (nSPS) is 11.0. The predicted molar refractivity (Wildman–Crippen MR) is 91.4 cm³/mol. The molecule has 2 heterocycles. The summed E-state index contributed by atoms with van der Waals surface area (Å²) in [6.07, 6.45) is 5.46. The molecule has 0 saturated carbocycles. The van der Waals surface area contributed by atoms with Gasteiger partial charge in [-0.25, -0.2) is 9.97 Å². The summed E-state index contributed by atoms with van der Waals surface area (Å²) < 4.78 is 5.11. The first-order chi connectivity index (χ1) is 11.1. The number of halogens is 1. The van der Waals surface area contributed by atoms with Gasteiger partial charge < -0.3 is 15.6 Å². The third kappa shape index (κ3) is 5.54. The fourth-order valence-electron chi connectivity index (χ4n) is 1.95. The standard InChI is InChI=1S/C15H22N6O2.ClH/c1-3-15(16,4-2)10-19-11(22)6-7-12-20-14(21-23-12)13-17-8-5-9-18-13;/h5,8-9H,3-4,6-7,10,16H2,1-2H3,(H,19,22);1H. The number of nitrogens with one attached hydrogen (secondary N) is 1. The zero-order valence-electron chi connectivity index (χ0n) is 13.9. The Hall–Kier alpha value is -2.06. The zero-order chi connectivity index (χ0) is 16.7. The highest BCUT2D eigenvalue weighted by molar-refractivity contribution is 5.85. The van der Waals surface area contributed by atoms with Crippen LogP contribution in [-0.2, 0) is 11.2 Å². The molecule has 2 rings (SSSR count). The number of amides is 1. The van der Waals surface area contributed by atoms with Gasteiger partial charge in [-0.2, -0.15) is 4.98 Å². The quantitative estimate of drug-likeness (QED) is 0.737. The molecule has 0 spiro atoms. The van der Waals surface area contributed by atoms with E-state index in [0.717, 1.165) is 12.8 Å². The van der Waals surface area contributed by atoms with E-state index in [1.54, 1.807) is 18.5 Å². The van der Waals surface area contributed by atoms with Crippen LogP contribution >= 0.6 is 12.4 Å². The Morgan fingerprint density at radius 2 is 1.92 bits per heavy atom. The van der Waals surface area contributed by atoms with Gasteiger partial charge in [0.2, 0.25) is 23.4 Å². The summed E-state index contributed by atoms with van der Waals surface area (Å²) in [5, 5.41) is 6.67. The smallest absolute Gasteiger partial charge is 0.240 e. The molecule has 0 aliphatic heterocycles. The van der Waals surface area contributed by atoms with Gasteiger partial charge in [-0.15, -0.1) is 12.4 Å². The third-order valence-electron chi connectivity index (χ3n) is 3.85. The van der Waals surface area contributed by atoms with Gasteiger partial charge in [0, 0.05) is 37.3 Å². The Balaban J connectivity index is 0.00000288. The number of carbonyl (C=O) groups excluding carboxylic acids is 1. The third-order valence-corrected chi connectivity index (χ3v) is 3.85. The highest BCUT2D eigenvalue weighted by Crippen LogP contribution is 2.11. The van der Waals surface area contributed by atoms with Crippen molar-refractivity contribution in [3.05, 3.63) is 24.4 Å². The van der Waals surface area contributed by atoms with Crippen LogP contribution < -0.4 is 11.1 Å². The molecule has 2 aromatic heterocycles. The molecule has 0 aromatic carbocycles. The van der Waals surface area contributed by atoms with E-state index >= 15 is 0 Å². The molecular weight excluding hydrogens is 332 g/mol. The average molecular weight is 355 g/mol. The van der Waals surface area contributed by atoms with Crippen LogP contribution in [0.15, 0.2) is 23.0 Å². The lowest BCUT2D eigenvalue weighted by molar-refractivity contribution is -0.121. The van der Waals surface area contributed by atoms with E-state index < -0.39 is 0 Å². The Bertz CT molecular complexity index is 630. The lowest BCUT2D eigenvalue weighted by atomic mass is 9.94. The molecule has 0 unspecified atom stereocenters. The fourth-order valence-corrected chi connectivity index (χ4v) is 1.95. The Kier molecular flexibility index (Phi) is 7.73. The van der Waals surface area contributed by atoms with Crippen LogP contribution in [0.2, 0.25) is 0 Å². The first-order valence-electron chi connectivity index (χ1n) is 7.72. The molecule has 24 heavy (non-hydrogen) atoms. The Labute approximate surface area is 147 Å². The summed E-state index contributed by atoms with van der Waals surface area (Å²) in [7, 11) is 0. The van der Waals surface area contributed by atoms with Gasteiger partial charge >= 0.3 is 0 Å². The molecule has 0 saturated heterocycles. The SMILES string of the molecule is CCC(N)(CC)CNC(=O)CCc1nc(-c2ncccn2)no1.Cl. The maximum atomic E-state index is 11.9. The summed E-state index contributed by atoms with van der Waals surface area (Å²) in [5.41, 5.74) is 5.80. The van der Waals surface area contributed by atoms with Gasteiger partial charge in [-0.3, -0.25) is 4.79 Å². The molecule has 8 nitrogen and oxygen atoms in total. The van der Waals surface area contributed by atoms with E-state index in [-0.39, 0.29) is 30.3 Å². The van der Waals surface area contributed by atoms with Gasteiger partial charge in [0.25, 0.3) is 0 Å². The molecule has 0 bridgehead atoms. The van der Waals surface area contributed by atoms with Crippen molar-refractivity contribution >= 4 is 18.3 Å². The molecule has 9 heteroatoms. The maximum absolute atomic E-state index is 11.9. The summed E-state index contributed by atoms with van der Waals surface area (Å²) in [5.74, 6) is 1.01. The van der Waals surface area contributed by atoms with Gasteiger partial charge in [0.05, 0.1) is 0 Å². The van der Waals surface area contributed by atoms with E-state index in [1.165, 1.54) is 0 Å². The van der Waals surface area contributed by atoms with Crippen LogP contribution in [0.1, 0.15) is 39.0 Å². The van der Waals surface area contributed by atoms with E-state index in [2.05, 4.69) is 25.4 Å². The molecule has 0 radical (unpaired) electrons. The highest BCUT2D eigenvalue weighted by atomic mass is 35.5. The summed E-state index contributed by atoms with van der Waals surface area (Å²) in [4.78, 5) is 24.2. The summed E-state index contributed by atoms with van der Waals surface area (Å²) in [6, 6.07) is 1.71. The second-order valence-electron chi connectivity index (χ2n) is 5.43. The number of hydrogen-bond donors (Lipinski definition) is 2. The van der Waals surface area contributed by atoms with Crippen molar-refractivity contribution in [2.24, 2.45) is 5.73 Å². The number of nitrogens with zero attached hydrogens (tertiary/aromatic N) is 4. The van der Waals surface area contributed by atoms with Crippen LogP contribution in [0.25, 0.3) is 11.6 Å². The van der Waals surface area contributed by atoms with Gasteiger partial charge in [-0.1, -0.05) is 19.0 Å². The number of hydrogen-bond acceptors (Lipinski definition) is 7. The topological polar surface area (TPSA) is 120 Å². The molecule has 3 N–H and O–H groups in total. The maximum Gasteiger partial charge on any atom is 0.240 e. The van der Waals surface area contributed by atoms with Crippen molar-refractivity contribution in [3.8, 4) is 11.6 Å². The molecule has 0 aliphatic rings. The molecule has 0 aliphatic carbocycles. The summed E-state index contributed by atoms with van der Waals surface area (Å²) in [6.45, 7) is 4.49. The number of nitrogens with two attached hydrogens (primary N) is 1. The lowest BCUT2D eigenvalue weighted by Gasteiger charge is -2.26. The fraction of sp³-hybridized carbons (Fsp3) is 0.533. The molecule has 0 fully saturated rings. The van der Waals surface area contributed by atoms with Crippen molar-refractivity contribution < 1.29 is 9.32 Å².